The van der Waals surface area contributed by atoms with Crippen molar-refractivity contribution in [2.75, 3.05) is 19.7 Å². The van der Waals surface area contributed by atoms with E-state index in [0.29, 0.717) is 19.7 Å². The third kappa shape index (κ3) is 4.25. The van der Waals surface area contributed by atoms with Crippen molar-refractivity contribution in [2.45, 2.75) is 12.1 Å². The highest BCUT2D eigenvalue weighted by molar-refractivity contribution is 5.96. The lowest BCUT2D eigenvalue weighted by Crippen LogP contribution is -2.48. The zero-order valence-electron chi connectivity index (χ0n) is 14.1. The number of halogens is 1. The van der Waals surface area contributed by atoms with Gasteiger partial charge in [0, 0.05) is 13.1 Å². The Hall–Kier alpha value is -2.77. The van der Waals surface area contributed by atoms with Crippen molar-refractivity contribution in [3.63, 3.8) is 0 Å². The zero-order valence-corrected chi connectivity index (χ0v) is 14.1. The van der Waals surface area contributed by atoms with Crippen LogP contribution < -0.4 is 11.1 Å². The fraction of sp³-hybridized carbons (Fsp3) is 0.263. The molecule has 1 fully saturated rings. The molecule has 26 heavy (non-hydrogen) atoms. The number of imide groups is 1. The number of hydrogen-bond donors (Lipinski definition) is 2. The zero-order chi connectivity index (χ0) is 18.5. The number of nitrogens with two attached hydrogens (primary N) is 1. The first-order chi connectivity index (χ1) is 12.5. The van der Waals surface area contributed by atoms with Gasteiger partial charge in [0.25, 0.3) is 0 Å². The Morgan fingerprint density at radius 2 is 1.85 bits per heavy atom. The van der Waals surface area contributed by atoms with Crippen LogP contribution in [0.1, 0.15) is 23.3 Å². The van der Waals surface area contributed by atoms with E-state index in [-0.39, 0.29) is 11.9 Å². The van der Waals surface area contributed by atoms with Gasteiger partial charge in [0.1, 0.15) is 11.9 Å². The number of morpholine rings is 1. The van der Waals surface area contributed by atoms with Gasteiger partial charge in [0.15, 0.2) is 0 Å². The summed E-state index contributed by atoms with van der Waals surface area (Å²) < 4.78 is 19.0. The number of rotatable bonds is 4. The van der Waals surface area contributed by atoms with E-state index in [0.717, 1.165) is 11.1 Å². The van der Waals surface area contributed by atoms with E-state index >= 15 is 0 Å². The SMILES string of the molecule is NC(=O)NC(=O)C(c1ccccc1)N1CCOC(c2ccc(F)cc2)C1. The number of benzene rings is 2. The monoisotopic (exact) mass is 357 g/mol. The van der Waals surface area contributed by atoms with Crippen LogP contribution >= 0.6 is 0 Å². The minimum absolute atomic E-state index is 0.294. The van der Waals surface area contributed by atoms with Crippen molar-refractivity contribution in [1.82, 2.24) is 10.2 Å². The molecule has 7 heteroatoms. The Morgan fingerprint density at radius 1 is 1.15 bits per heavy atom. The van der Waals surface area contributed by atoms with Crippen LogP contribution in [0.15, 0.2) is 54.6 Å². The number of amides is 3. The molecule has 3 rings (SSSR count). The average Bonchev–Trinajstić information content (AvgIpc) is 2.63. The van der Waals surface area contributed by atoms with Crippen molar-refractivity contribution < 1.29 is 18.7 Å². The van der Waals surface area contributed by atoms with Crippen LogP contribution in [-0.2, 0) is 9.53 Å². The normalized spacial score (nSPS) is 18.9. The topological polar surface area (TPSA) is 84.7 Å². The van der Waals surface area contributed by atoms with Crippen LogP contribution in [0.3, 0.4) is 0 Å². The van der Waals surface area contributed by atoms with Crippen LogP contribution in [0, 0.1) is 5.82 Å². The van der Waals surface area contributed by atoms with Crippen molar-refractivity contribution in [1.29, 1.82) is 0 Å². The summed E-state index contributed by atoms with van der Waals surface area (Å²) in [4.78, 5) is 25.7. The predicted octanol–water partition coefficient (Wildman–Crippen LogP) is 2.14. The Kier molecular flexibility index (Phi) is 5.60. The van der Waals surface area contributed by atoms with E-state index in [4.69, 9.17) is 10.5 Å². The first-order valence-corrected chi connectivity index (χ1v) is 8.31. The quantitative estimate of drug-likeness (QED) is 0.878. The molecule has 1 heterocycles. The summed E-state index contributed by atoms with van der Waals surface area (Å²) in [5.74, 6) is -0.798. The lowest BCUT2D eigenvalue weighted by atomic mass is 10.0. The molecule has 136 valence electrons. The number of urea groups is 1. The third-order valence-corrected chi connectivity index (χ3v) is 4.31. The van der Waals surface area contributed by atoms with E-state index in [9.17, 15) is 14.0 Å². The number of hydrogen-bond acceptors (Lipinski definition) is 4. The fourth-order valence-electron chi connectivity index (χ4n) is 3.14. The van der Waals surface area contributed by atoms with Crippen molar-refractivity contribution >= 4 is 11.9 Å². The summed E-state index contributed by atoms with van der Waals surface area (Å²) in [7, 11) is 0. The van der Waals surface area contributed by atoms with Crippen LogP contribution in [0.5, 0.6) is 0 Å². The Labute approximate surface area is 150 Å². The standard InChI is InChI=1S/C19H20FN3O3/c20-15-8-6-13(7-9-15)16-12-23(10-11-26-16)17(18(24)22-19(21)25)14-4-2-1-3-5-14/h1-9,16-17H,10-12H2,(H3,21,22,24,25). The molecule has 0 aromatic heterocycles. The minimum atomic E-state index is -0.890. The van der Waals surface area contributed by atoms with Gasteiger partial charge in [-0.25, -0.2) is 9.18 Å². The van der Waals surface area contributed by atoms with Gasteiger partial charge in [-0.15, -0.1) is 0 Å². The molecule has 0 spiro atoms. The summed E-state index contributed by atoms with van der Waals surface area (Å²) >= 11 is 0. The maximum Gasteiger partial charge on any atom is 0.318 e. The van der Waals surface area contributed by atoms with Gasteiger partial charge in [-0.05, 0) is 23.3 Å². The first-order valence-electron chi connectivity index (χ1n) is 8.31. The van der Waals surface area contributed by atoms with Crippen molar-refractivity contribution in [2.24, 2.45) is 5.73 Å². The molecular weight excluding hydrogens is 337 g/mol. The van der Waals surface area contributed by atoms with Crippen molar-refractivity contribution in [3.05, 3.63) is 71.5 Å². The molecule has 0 aliphatic carbocycles. The van der Waals surface area contributed by atoms with Gasteiger partial charge in [-0.1, -0.05) is 42.5 Å². The molecule has 3 amide bonds. The smallest absolute Gasteiger partial charge is 0.318 e. The number of nitrogens with one attached hydrogen (secondary N) is 1. The van der Waals surface area contributed by atoms with Crippen LogP contribution in [0.2, 0.25) is 0 Å². The second kappa shape index (κ2) is 8.07. The predicted molar refractivity (Wildman–Crippen MR) is 93.6 cm³/mol. The van der Waals surface area contributed by atoms with E-state index < -0.39 is 18.0 Å². The number of nitrogens with zero attached hydrogens (tertiary/aromatic N) is 1. The average molecular weight is 357 g/mol. The lowest BCUT2D eigenvalue weighted by Gasteiger charge is -2.37. The molecule has 1 saturated heterocycles. The highest BCUT2D eigenvalue weighted by Crippen LogP contribution is 2.29. The third-order valence-electron chi connectivity index (χ3n) is 4.31. The largest absolute Gasteiger partial charge is 0.371 e. The van der Waals surface area contributed by atoms with E-state index in [1.54, 1.807) is 12.1 Å². The number of primary amides is 1. The number of ether oxygens (including phenoxy) is 1. The molecule has 0 bridgehead atoms. The molecular formula is C19H20FN3O3. The molecule has 2 unspecified atom stereocenters. The Balaban J connectivity index is 1.84. The molecule has 2 atom stereocenters. The summed E-state index contributed by atoms with van der Waals surface area (Å²) in [5, 5.41) is 2.17. The van der Waals surface area contributed by atoms with Gasteiger partial charge in [-0.3, -0.25) is 15.0 Å². The highest BCUT2D eigenvalue weighted by Gasteiger charge is 2.33. The number of carbonyl (C=O) groups excluding carboxylic acids is 2. The minimum Gasteiger partial charge on any atom is -0.371 e. The first kappa shape index (κ1) is 18.0. The second-order valence-corrected chi connectivity index (χ2v) is 6.07. The molecule has 0 saturated carbocycles. The summed E-state index contributed by atoms with van der Waals surface area (Å²) in [6.45, 7) is 1.36. The summed E-state index contributed by atoms with van der Waals surface area (Å²) in [5.41, 5.74) is 6.71. The molecule has 3 N–H and O–H groups in total. The van der Waals surface area contributed by atoms with E-state index in [1.807, 2.05) is 35.2 Å². The molecule has 2 aromatic carbocycles. The maximum absolute atomic E-state index is 13.2. The maximum atomic E-state index is 13.2. The van der Waals surface area contributed by atoms with Gasteiger partial charge in [0.2, 0.25) is 5.91 Å². The molecule has 6 nitrogen and oxygen atoms in total. The van der Waals surface area contributed by atoms with Crippen molar-refractivity contribution in [3.8, 4) is 0 Å². The van der Waals surface area contributed by atoms with E-state index in [1.165, 1.54) is 12.1 Å². The van der Waals surface area contributed by atoms with Crippen LogP contribution in [0.4, 0.5) is 9.18 Å². The number of carbonyl (C=O) groups is 2. The van der Waals surface area contributed by atoms with Crippen LogP contribution in [-0.4, -0.2) is 36.5 Å². The van der Waals surface area contributed by atoms with Gasteiger partial charge >= 0.3 is 6.03 Å². The lowest BCUT2D eigenvalue weighted by molar-refractivity contribution is -0.129. The van der Waals surface area contributed by atoms with Gasteiger partial charge < -0.3 is 10.5 Å². The molecule has 1 aliphatic rings. The molecule has 0 radical (unpaired) electrons. The second-order valence-electron chi connectivity index (χ2n) is 6.07. The molecule has 1 aliphatic heterocycles. The van der Waals surface area contributed by atoms with Gasteiger partial charge in [0.05, 0.1) is 12.7 Å². The van der Waals surface area contributed by atoms with Crippen LogP contribution in [0.25, 0.3) is 0 Å². The fourth-order valence-corrected chi connectivity index (χ4v) is 3.14. The molecule has 2 aromatic rings. The summed E-state index contributed by atoms with van der Waals surface area (Å²) in [6, 6.07) is 13.7. The van der Waals surface area contributed by atoms with Gasteiger partial charge in [-0.2, -0.15) is 0 Å². The Bertz CT molecular complexity index is 767. The summed E-state index contributed by atoms with van der Waals surface area (Å²) in [6.07, 6.45) is -0.294. The Morgan fingerprint density at radius 3 is 2.50 bits per heavy atom. The van der Waals surface area contributed by atoms with E-state index in [2.05, 4.69) is 5.32 Å². The highest BCUT2D eigenvalue weighted by atomic mass is 19.1.